The maximum atomic E-state index is 13.3. The zero-order valence-electron chi connectivity index (χ0n) is 62.5. The van der Waals surface area contributed by atoms with E-state index >= 15 is 0 Å². The fourth-order valence-corrected chi connectivity index (χ4v) is 12.9. The lowest BCUT2D eigenvalue weighted by atomic mass is 9.94. The van der Waals surface area contributed by atoms with Gasteiger partial charge in [-0.1, -0.05) is 286 Å². The number of hydrogen-bond acceptors (Lipinski definition) is 11. The van der Waals surface area contributed by atoms with Crippen molar-refractivity contribution in [1.82, 2.24) is 20.4 Å². The van der Waals surface area contributed by atoms with Crippen molar-refractivity contribution >= 4 is 29.7 Å². The number of rotatable bonds is 75. The van der Waals surface area contributed by atoms with Crippen LogP contribution in [0.25, 0.3) is 0 Å². The number of nitrogens with one attached hydrogen (secondary N) is 2. The number of carbonyl (C=O) groups excluding carboxylic acids is 5. The molecule has 0 aliphatic carbocycles. The van der Waals surface area contributed by atoms with E-state index < -0.39 is 0 Å². The average Bonchev–Trinajstić information content (AvgIpc) is 3.65. The van der Waals surface area contributed by atoms with Gasteiger partial charge in [-0.25, -0.2) is 0 Å². The summed E-state index contributed by atoms with van der Waals surface area (Å²) in [6.07, 6.45) is 58.4. The summed E-state index contributed by atoms with van der Waals surface area (Å²) in [5, 5.41) is 15.5. The molecule has 2 amide bonds. The topological polar surface area (TPSA) is 164 Å². The largest absolute Gasteiger partial charge is 0.465 e. The van der Waals surface area contributed by atoms with E-state index in [1.54, 1.807) is 0 Å². The van der Waals surface area contributed by atoms with Crippen molar-refractivity contribution in [3.8, 4) is 0 Å². The van der Waals surface area contributed by atoms with Crippen molar-refractivity contribution in [2.45, 2.75) is 388 Å². The van der Waals surface area contributed by atoms with Gasteiger partial charge >= 0.3 is 17.9 Å². The first-order chi connectivity index (χ1) is 45.6. The van der Waals surface area contributed by atoms with Crippen molar-refractivity contribution < 1.29 is 43.3 Å². The van der Waals surface area contributed by atoms with Crippen LogP contribution in [0.2, 0.25) is 0 Å². The number of aliphatic hydroxyl groups excluding tert-OH is 1. The molecule has 0 rings (SSSR count). The van der Waals surface area contributed by atoms with Crippen molar-refractivity contribution in [2.24, 2.45) is 17.8 Å². The average molecular weight is 1320 g/mol. The van der Waals surface area contributed by atoms with Gasteiger partial charge in [-0.05, 0) is 116 Å². The molecule has 0 saturated carbocycles. The molecule has 0 aliphatic rings. The van der Waals surface area contributed by atoms with E-state index in [0.29, 0.717) is 32.9 Å². The lowest BCUT2D eigenvalue weighted by Crippen LogP contribution is -2.37. The van der Waals surface area contributed by atoms with E-state index in [4.69, 9.17) is 14.2 Å². The van der Waals surface area contributed by atoms with Gasteiger partial charge in [0.05, 0.1) is 37.6 Å². The quantitative estimate of drug-likeness (QED) is 0.0302. The smallest absolute Gasteiger partial charge is 0.308 e. The molecule has 3 N–H and O–H groups in total. The summed E-state index contributed by atoms with van der Waals surface area (Å²) in [5.41, 5.74) is 0. The Kier molecular flexibility index (Phi) is 69.8. The zero-order chi connectivity index (χ0) is 68.0. The lowest BCUT2D eigenvalue weighted by Gasteiger charge is -2.23. The SMILES string of the molecule is CCCCCCCCC(CCCCCC)C(=O)OCCCCCCN(CCCCCCO)CCNC(=O)CCC(=O)NCCN(CCCCCCOC(=O)C(CCCCCC)CCCCCCCC)CCCCCCOC(=O)C(CCCCCC)CCCCCCCC. The van der Waals surface area contributed by atoms with Crippen LogP contribution in [0.1, 0.15) is 388 Å². The van der Waals surface area contributed by atoms with E-state index in [1.807, 2.05) is 0 Å². The van der Waals surface area contributed by atoms with Crippen LogP contribution in [0.3, 0.4) is 0 Å². The van der Waals surface area contributed by atoms with Crippen LogP contribution in [-0.2, 0) is 38.2 Å². The molecule has 0 fully saturated rings. The molecule has 0 aromatic heterocycles. The lowest BCUT2D eigenvalue weighted by molar-refractivity contribution is -0.150. The predicted molar refractivity (Wildman–Crippen MR) is 393 cm³/mol. The van der Waals surface area contributed by atoms with Crippen LogP contribution in [0.15, 0.2) is 0 Å². The number of hydrogen-bond donors (Lipinski definition) is 3. The first-order valence-corrected chi connectivity index (χ1v) is 40.7. The third kappa shape index (κ3) is 61.3. The fourth-order valence-electron chi connectivity index (χ4n) is 12.9. The van der Waals surface area contributed by atoms with Gasteiger partial charge in [0.1, 0.15) is 0 Å². The third-order valence-electron chi connectivity index (χ3n) is 19.2. The van der Waals surface area contributed by atoms with E-state index in [0.717, 1.165) is 219 Å². The van der Waals surface area contributed by atoms with E-state index in [1.165, 1.54) is 154 Å². The molecule has 13 nitrogen and oxygen atoms in total. The second-order valence-corrected chi connectivity index (χ2v) is 28.1. The summed E-state index contributed by atoms with van der Waals surface area (Å²) in [4.78, 5) is 70.8. The summed E-state index contributed by atoms with van der Waals surface area (Å²) in [6, 6.07) is 0. The van der Waals surface area contributed by atoms with Gasteiger partial charge in [0.25, 0.3) is 0 Å². The molecule has 0 aliphatic heterocycles. The zero-order valence-corrected chi connectivity index (χ0v) is 62.5. The second-order valence-electron chi connectivity index (χ2n) is 28.1. The number of unbranched alkanes of at least 4 members (excludes halogenated alkanes) is 36. The van der Waals surface area contributed by atoms with Crippen LogP contribution < -0.4 is 10.6 Å². The minimum Gasteiger partial charge on any atom is -0.465 e. The van der Waals surface area contributed by atoms with Crippen molar-refractivity contribution in [2.75, 3.05) is 78.8 Å². The Balaban J connectivity index is 5.24. The van der Waals surface area contributed by atoms with Gasteiger partial charge < -0.3 is 39.8 Å². The van der Waals surface area contributed by atoms with Crippen LogP contribution in [0.4, 0.5) is 0 Å². The first kappa shape index (κ1) is 90.2. The summed E-state index contributed by atoms with van der Waals surface area (Å²) >= 11 is 0. The van der Waals surface area contributed by atoms with Crippen molar-refractivity contribution in [3.63, 3.8) is 0 Å². The maximum absolute atomic E-state index is 13.3. The Bertz CT molecular complexity index is 1580. The van der Waals surface area contributed by atoms with E-state index in [-0.39, 0.29) is 66.9 Å². The highest BCUT2D eigenvalue weighted by atomic mass is 16.5. The number of nitrogens with zero attached hydrogens (tertiary/aromatic N) is 2. The van der Waals surface area contributed by atoms with Crippen LogP contribution in [0, 0.1) is 17.8 Å². The molecule has 550 valence electrons. The molecular formula is C80H156N4O9. The minimum absolute atomic E-state index is 0.0124. The molecule has 3 atom stereocenters. The van der Waals surface area contributed by atoms with Crippen LogP contribution in [0.5, 0.6) is 0 Å². The second kappa shape index (κ2) is 72.0. The number of aliphatic hydroxyl groups is 1. The van der Waals surface area contributed by atoms with Gasteiger partial charge in [0, 0.05) is 45.6 Å². The Morgan fingerprint density at radius 3 is 0.753 bits per heavy atom. The number of esters is 3. The van der Waals surface area contributed by atoms with Gasteiger partial charge in [0.15, 0.2) is 0 Å². The Labute approximate surface area is 575 Å². The Hall–Kier alpha value is -2.77. The molecule has 0 aromatic carbocycles. The first-order valence-electron chi connectivity index (χ1n) is 40.7. The van der Waals surface area contributed by atoms with E-state index in [9.17, 15) is 29.1 Å². The van der Waals surface area contributed by atoms with Crippen LogP contribution >= 0.6 is 0 Å². The monoisotopic (exact) mass is 1320 g/mol. The predicted octanol–water partition coefficient (Wildman–Crippen LogP) is 20.5. The standard InChI is InChI=1S/C80H156N4O9/c1-7-13-19-25-28-42-56-73(53-39-22-16-10-4)78(88)91-70-50-36-32-46-64-83(63-45-31-35-49-69-85)67-61-81-76(86)59-60-77(87)82-62-68-84(65-47-33-37-51-71-92-79(89)74(54-40-23-17-11-5)57-43-29-26-20-14-8-2)66-48-34-38-52-72-93-80(90)75(55-41-24-18-12-6)58-44-30-27-21-15-9-3/h73-75,85H,7-72H2,1-6H3,(H,81,86)(H,82,87). The molecule has 3 unspecified atom stereocenters. The highest BCUT2D eigenvalue weighted by molar-refractivity contribution is 5.83. The van der Waals surface area contributed by atoms with Crippen LogP contribution in [-0.4, -0.2) is 123 Å². The fraction of sp³-hybridized carbons (Fsp3) is 0.938. The highest BCUT2D eigenvalue weighted by Crippen LogP contribution is 2.24. The molecule has 0 heterocycles. The van der Waals surface area contributed by atoms with Gasteiger partial charge in [-0.2, -0.15) is 0 Å². The van der Waals surface area contributed by atoms with Gasteiger partial charge in [0.2, 0.25) is 11.8 Å². The third-order valence-corrected chi connectivity index (χ3v) is 19.2. The maximum Gasteiger partial charge on any atom is 0.308 e. The van der Waals surface area contributed by atoms with Crippen molar-refractivity contribution in [1.29, 1.82) is 0 Å². The summed E-state index contributed by atoms with van der Waals surface area (Å²) in [6.45, 7) is 21.5. The summed E-state index contributed by atoms with van der Waals surface area (Å²) < 4.78 is 17.7. The minimum atomic E-state index is -0.103. The van der Waals surface area contributed by atoms with Gasteiger partial charge in [-0.15, -0.1) is 0 Å². The molecule has 93 heavy (non-hydrogen) atoms. The molecular weight excluding hydrogens is 1160 g/mol. The normalized spacial score (nSPS) is 12.6. The van der Waals surface area contributed by atoms with Gasteiger partial charge in [-0.3, -0.25) is 24.0 Å². The van der Waals surface area contributed by atoms with Crippen molar-refractivity contribution in [3.05, 3.63) is 0 Å². The summed E-state index contributed by atoms with van der Waals surface area (Å²) in [7, 11) is 0. The molecule has 0 bridgehead atoms. The number of ether oxygens (including phenoxy) is 3. The Morgan fingerprint density at radius 2 is 0.495 bits per heavy atom. The highest BCUT2D eigenvalue weighted by Gasteiger charge is 2.22. The molecule has 0 spiro atoms. The molecule has 0 aromatic rings. The number of amides is 2. The molecule has 13 heteroatoms. The molecule has 0 saturated heterocycles. The molecule has 0 radical (unpaired) electrons. The summed E-state index contributed by atoms with van der Waals surface area (Å²) in [5.74, 6) is -0.0633. The number of carbonyl (C=O) groups is 5. The Morgan fingerprint density at radius 1 is 0.280 bits per heavy atom. The van der Waals surface area contributed by atoms with E-state index in [2.05, 4.69) is 62.0 Å².